The Hall–Kier alpha value is -3.04. The number of sulfonamides is 1. The summed E-state index contributed by atoms with van der Waals surface area (Å²) < 4.78 is 44.0. The molecule has 9 heteroatoms. The number of amides is 1. The second kappa shape index (κ2) is 9.22. The van der Waals surface area contributed by atoms with E-state index >= 15 is 0 Å². The number of carbonyl (C=O) groups excluding carboxylic acids is 1. The van der Waals surface area contributed by atoms with E-state index in [1.807, 2.05) is 6.07 Å². The number of furan rings is 1. The molecule has 0 bridgehead atoms. The Morgan fingerprint density at radius 2 is 1.94 bits per heavy atom. The highest BCUT2D eigenvalue weighted by Crippen LogP contribution is 2.32. The zero-order valence-electron chi connectivity index (χ0n) is 18.1. The number of nitrogens with zero attached hydrogens (tertiary/aromatic N) is 1. The predicted molar refractivity (Wildman–Crippen MR) is 121 cm³/mol. The standard InChI is InChI=1S/C23H26N2O6S/c1-3-30-20-9-6-17(13-22(20)32(27,28)25-10-4-5-11-25)24-23(26)12-16-15-31-21-14-18(29-2)7-8-19(16)21/h6-9,13-15H,3-5,10-12H2,1-2H3,(H,24,26). The Bertz CT molecular complexity index is 1230. The molecule has 32 heavy (non-hydrogen) atoms. The number of ether oxygens (including phenoxy) is 2. The zero-order chi connectivity index (χ0) is 22.7. The molecule has 0 spiro atoms. The second-order valence-electron chi connectivity index (χ2n) is 7.55. The first-order chi connectivity index (χ1) is 15.4. The van der Waals surface area contributed by atoms with Gasteiger partial charge in [0.2, 0.25) is 15.9 Å². The van der Waals surface area contributed by atoms with Crippen LogP contribution >= 0.6 is 0 Å². The molecule has 2 heterocycles. The molecule has 8 nitrogen and oxygen atoms in total. The number of benzene rings is 2. The Kier molecular flexibility index (Phi) is 6.38. The number of anilines is 1. The summed E-state index contributed by atoms with van der Waals surface area (Å²) in [6, 6.07) is 10.1. The highest BCUT2D eigenvalue weighted by atomic mass is 32.2. The summed E-state index contributed by atoms with van der Waals surface area (Å²) in [6.07, 6.45) is 3.31. The number of methoxy groups -OCH3 is 1. The second-order valence-corrected chi connectivity index (χ2v) is 9.46. The Morgan fingerprint density at radius 1 is 1.16 bits per heavy atom. The lowest BCUT2D eigenvalue weighted by atomic mass is 10.1. The molecule has 1 N–H and O–H groups in total. The first kappa shape index (κ1) is 22.2. The summed E-state index contributed by atoms with van der Waals surface area (Å²) in [5, 5.41) is 3.62. The van der Waals surface area contributed by atoms with Gasteiger partial charge in [0, 0.05) is 35.8 Å². The number of hydrogen-bond donors (Lipinski definition) is 1. The van der Waals surface area contributed by atoms with Crippen LogP contribution in [0.2, 0.25) is 0 Å². The fourth-order valence-electron chi connectivity index (χ4n) is 3.84. The van der Waals surface area contributed by atoms with E-state index in [-0.39, 0.29) is 23.0 Å². The lowest BCUT2D eigenvalue weighted by molar-refractivity contribution is -0.115. The maximum atomic E-state index is 13.1. The average Bonchev–Trinajstić information content (AvgIpc) is 3.45. The molecule has 1 saturated heterocycles. The first-order valence-electron chi connectivity index (χ1n) is 10.5. The van der Waals surface area contributed by atoms with Crippen LogP contribution in [0.25, 0.3) is 11.0 Å². The van der Waals surface area contributed by atoms with Gasteiger partial charge in [-0.3, -0.25) is 4.79 Å². The normalized spacial score (nSPS) is 14.6. The molecule has 4 rings (SSSR count). The Labute approximate surface area is 187 Å². The summed E-state index contributed by atoms with van der Waals surface area (Å²) in [7, 11) is -2.13. The molecule has 0 atom stereocenters. The third-order valence-corrected chi connectivity index (χ3v) is 7.34. The van der Waals surface area contributed by atoms with Crippen molar-refractivity contribution in [2.24, 2.45) is 0 Å². The molecule has 0 unspecified atom stereocenters. The van der Waals surface area contributed by atoms with Crippen LogP contribution < -0.4 is 14.8 Å². The van der Waals surface area contributed by atoms with Gasteiger partial charge < -0.3 is 19.2 Å². The quantitative estimate of drug-likeness (QED) is 0.551. The van der Waals surface area contributed by atoms with Crippen molar-refractivity contribution >= 4 is 32.6 Å². The van der Waals surface area contributed by atoms with E-state index in [1.54, 1.807) is 44.6 Å². The summed E-state index contributed by atoms with van der Waals surface area (Å²) in [5.41, 5.74) is 1.76. The molecule has 1 aliphatic rings. The van der Waals surface area contributed by atoms with Crippen LogP contribution in [0, 0.1) is 0 Å². The molecule has 0 radical (unpaired) electrons. The minimum Gasteiger partial charge on any atom is -0.497 e. The van der Waals surface area contributed by atoms with E-state index in [2.05, 4.69) is 5.32 Å². The van der Waals surface area contributed by atoms with Gasteiger partial charge in [-0.15, -0.1) is 0 Å². The third-order valence-electron chi connectivity index (χ3n) is 5.42. The van der Waals surface area contributed by atoms with Gasteiger partial charge in [-0.1, -0.05) is 0 Å². The van der Waals surface area contributed by atoms with Crippen molar-refractivity contribution in [3.05, 3.63) is 48.2 Å². The number of rotatable bonds is 8. The number of hydrogen-bond acceptors (Lipinski definition) is 6. The van der Waals surface area contributed by atoms with Crippen LogP contribution in [-0.4, -0.2) is 45.4 Å². The SMILES string of the molecule is CCOc1ccc(NC(=O)Cc2coc3cc(OC)ccc23)cc1S(=O)(=O)N1CCCC1. The average molecular weight is 459 g/mol. The van der Waals surface area contributed by atoms with E-state index in [0.29, 0.717) is 36.7 Å². The van der Waals surface area contributed by atoms with E-state index < -0.39 is 10.0 Å². The van der Waals surface area contributed by atoms with Gasteiger partial charge in [0.05, 0.1) is 26.4 Å². The third kappa shape index (κ3) is 4.44. The minimum atomic E-state index is -3.71. The van der Waals surface area contributed by atoms with Crippen LogP contribution in [0.4, 0.5) is 5.69 Å². The van der Waals surface area contributed by atoms with Crippen LogP contribution in [-0.2, 0) is 21.2 Å². The van der Waals surface area contributed by atoms with Crippen LogP contribution in [0.1, 0.15) is 25.3 Å². The van der Waals surface area contributed by atoms with E-state index in [1.165, 1.54) is 10.4 Å². The molecular weight excluding hydrogens is 432 g/mol. The molecular formula is C23H26N2O6S. The van der Waals surface area contributed by atoms with Crippen molar-refractivity contribution in [2.45, 2.75) is 31.1 Å². The molecule has 1 aromatic heterocycles. The molecule has 1 aliphatic heterocycles. The smallest absolute Gasteiger partial charge is 0.246 e. The van der Waals surface area contributed by atoms with Crippen LogP contribution in [0.5, 0.6) is 11.5 Å². The van der Waals surface area contributed by atoms with Crippen molar-refractivity contribution in [3.63, 3.8) is 0 Å². The van der Waals surface area contributed by atoms with Crippen LogP contribution in [0.3, 0.4) is 0 Å². The highest BCUT2D eigenvalue weighted by molar-refractivity contribution is 7.89. The Balaban J connectivity index is 1.56. The molecule has 0 saturated carbocycles. The van der Waals surface area contributed by atoms with Crippen molar-refractivity contribution in [2.75, 3.05) is 32.1 Å². The van der Waals surface area contributed by atoms with Gasteiger partial charge in [0.1, 0.15) is 22.0 Å². The topological polar surface area (TPSA) is 98.1 Å². The monoisotopic (exact) mass is 458 g/mol. The van der Waals surface area contributed by atoms with E-state index in [9.17, 15) is 13.2 Å². The zero-order valence-corrected chi connectivity index (χ0v) is 18.9. The minimum absolute atomic E-state index is 0.0694. The lowest BCUT2D eigenvalue weighted by Gasteiger charge is -2.19. The summed E-state index contributed by atoms with van der Waals surface area (Å²) >= 11 is 0. The number of nitrogens with one attached hydrogen (secondary N) is 1. The van der Waals surface area contributed by atoms with Gasteiger partial charge in [-0.05, 0) is 50.1 Å². The molecule has 170 valence electrons. The van der Waals surface area contributed by atoms with Crippen LogP contribution in [0.15, 0.2) is 52.0 Å². The molecule has 1 amide bonds. The molecule has 0 aliphatic carbocycles. The summed E-state index contributed by atoms with van der Waals surface area (Å²) in [4.78, 5) is 12.8. The van der Waals surface area contributed by atoms with Gasteiger partial charge in [-0.25, -0.2) is 8.42 Å². The Morgan fingerprint density at radius 3 is 2.66 bits per heavy atom. The maximum absolute atomic E-state index is 13.1. The van der Waals surface area contributed by atoms with E-state index in [0.717, 1.165) is 23.8 Å². The van der Waals surface area contributed by atoms with Gasteiger partial charge in [0.15, 0.2) is 0 Å². The predicted octanol–water partition coefficient (Wildman–Crippen LogP) is 3.81. The van der Waals surface area contributed by atoms with Crippen molar-refractivity contribution in [1.29, 1.82) is 0 Å². The highest BCUT2D eigenvalue weighted by Gasteiger charge is 2.30. The molecule has 3 aromatic rings. The van der Waals surface area contributed by atoms with Gasteiger partial charge >= 0.3 is 0 Å². The molecule has 1 fully saturated rings. The fraction of sp³-hybridized carbons (Fsp3) is 0.348. The maximum Gasteiger partial charge on any atom is 0.246 e. The molecule has 2 aromatic carbocycles. The fourth-order valence-corrected chi connectivity index (χ4v) is 5.51. The van der Waals surface area contributed by atoms with E-state index in [4.69, 9.17) is 13.9 Å². The van der Waals surface area contributed by atoms with Gasteiger partial charge in [-0.2, -0.15) is 4.31 Å². The van der Waals surface area contributed by atoms with Crippen molar-refractivity contribution in [3.8, 4) is 11.5 Å². The largest absolute Gasteiger partial charge is 0.497 e. The van der Waals surface area contributed by atoms with Crippen molar-refractivity contribution in [1.82, 2.24) is 4.31 Å². The lowest BCUT2D eigenvalue weighted by Crippen LogP contribution is -2.28. The summed E-state index contributed by atoms with van der Waals surface area (Å²) in [5.74, 6) is 0.674. The number of fused-ring (bicyclic) bond motifs is 1. The summed E-state index contributed by atoms with van der Waals surface area (Å²) in [6.45, 7) is 3.12. The van der Waals surface area contributed by atoms with Gasteiger partial charge in [0.25, 0.3) is 0 Å². The van der Waals surface area contributed by atoms with Crippen molar-refractivity contribution < 1.29 is 27.1 Å². The number of carbonyl (C=O) groups is 1. The first-order valence-corrected chi connectivity index (χ1v) is 12.0.